The van der Waals surface area contributed by atoms with Crippen LogP contribution in [0.25, 0.3) is 0 Å². The van der Waals surface area contributed by atoms with Gasteiger partial charge in [0.1, 0.15) is 0 Å². The van der Waals surface area contributed by atoms with Gasteiger partial charge in [-0.1, -0.05) is 13.0 Å². The van der Waals surface area contributed by atoms with Crippen LogP contribution < -0.4 is 5.73 Å². The summed E-state index contributed by atoms with van der Waals surface area (Å²) in [6.07, 6.45) is 0.810. The van der Waals surface area contributed by atoms with Crippen molar-refractivity contribution in [1.29, 1.82) is 0 Å². The summed E-state index contributed by atoms with van der Waals surface area (Å²) < 4.78 is 0. The van der Waals surface area contributed by atoms with E-state index in [0.717, 1.165) is 6.42 Å². The lowest BCUT2D eigenvalue weighted by atomic mass is 10.1. The molecule has 0 fully saturated rings. The number of rotatable bonds is 5. The third kappa shape index (κ3) is 3.32. The molecule has 15 heavy (non-hydrogen) atoms. The highest BCUT2D eigenvalue weighted by Gasteiger charge is 2.18. The third-order valence-electron chi connectivity index (χ3n) is 2.48. The van der Waals surface area contributed by atoms with E-state index in [9.17, 15) is 4.79 Å². The fraction of sp³-hybridized carbons (Fsp3) is 0.545. The minimum absolute atomic E-state index is 0.0324. The normalized spacial score (nSPS) is 12.5. The van der Waals surface area contributed by atoms with E-state index >= 15 is 0 Å². The Morgan fingerprint density at radius 2 is 2.40 bits per heavy atom. The van der Waals surface area contributed by atoms with Gasteiger partial charge in [-0.05, 0) is 17.9 Å². The Morgan fingerprint density at radius 1 is 1.67 bits per heavy atom. The molecule has 0 aliphatic rings. The molecule has 4 heteroatoms. The van der Waals surface area contributed by atoms with Crippen molar-refractivity contribution in [2.75, 3.05) is 13.6 Å². The quantitative estimate of drug-likeness (QED) is 0.830. The summed E-state index contributed by atoms with van der Waals surface area (Å²) in [4.78, 5) is 14.8. The van der Waals surface area contributed by atoms with Crippen molar-refractivity contribution < 1.29 is 4.79 Å². The van der Waals surface area contributed by atoms with Crippen molar-refractivity contribution >= 4 is 17.2 Å². The zero-order chi connectivity index (χ0) is 11.3. The number of amides is 1. The molecule has 0 saturated carbocycles. The number of hydrogen-bond donors (Lipinski definition) is 1. The first-order valence-electron chi connectivity index (χ1n) is 5.16. The first-order chi connectivity index (χ1) is 7.19. The van der Waals surface area contributed by atoms with Gasteiger partial charge in [0.25, 0.3) is 0 Å². The third-order valence-corrected chi connectivity index (χ3v) is 3.34. The maximum absolute atomic E-state index is 11.9. The summed E-state index contributed by atoms with van der Waals surface area (Å²) in [7, 11) is 1.83. The molecule has 1 amide bonds. The smallest absolute Gasteiger partial charge is 0.227 e. The summed E-state index contributed by atoms with van der Waals surface area (Å²) in [6.45, 7) is 3.12. The number of hydrogen-bond acceptors (Lipinski definition) is 3. The van der Waals surface area contributed by atoms with Gasteiger partial charge in [0, 0.05) is 18.5 Å². The summed E-state index contributed by atoms with van der Waals surface area (Å²) >= 11 is 1.67. The Hall–Kier alpha value is -0.870. The van der Waals surface area contributed by atoms with Gasteiger partial charge >= 0.3 is 0 Å². The van der Waals surface area contributed by atoms with Crippen molar-refractivity contribution in [3.8, 4) is 0 Å². The number of nitrogens with zero attached hydrogens (tertiary/aromatic N) is 1. The molecule has 0 radical (unpaired) electrons. The molecule has 3 nitrogen and oxygen atoms in total. The molecule has 1 aromatic rings. The maximum Gasteiger partial charge on any atom is 0.227 e. The average molecular weight is 226 g/mol. The van der Waals surface area contributed by atoms with Crippen LogP contribution in [0.2, 0.25) is 0 Å². The van der Waals surface area contributed by atoms with Crippen LogP contribution in [0.1, 0.15) is 18.2 Å². The van der Waals surface area contributed by atoms with Gasteiger partial charge in [0.2, 0.25) is 5.91 Å². The van der Waals surface area contributed by atoms with Crippen molar-refractivity contribution in [1.82, 2.24) is 4.90 Å². The van der Waals surface area contributed by atoms with E-state index in [1.807, 2.05) is 31.5 Å². The number of nitrogens with two attached hydrogens (primary N) is 1. The Bertz CT molecular complexity index is 294. The number of carbonyl (C=O) groups excluding carboxylic acids is 1. The number of carbonyl (C=O) groups is 1. The van der Waals surface area contributed by atoms with Gasteiger partial charge in [0.05, 0.1) is 12.5 Å². The molecule has 1 unspecified atom stereocenters. The second-order valence-electron chi connectivity index (χ2n) is 3.61. The van der Waals surface area contributed by atoms with Crippen LogP contribution in [0.3, 0.4) is 0 Å². The van der Waals surface area contributed by atoms with Crippen LogP contribution >= 0.6 is 11.3 Å². The Morgan fingerprint density at radius 3 is 2.87 bits per heavy atom. The predicted molar refractivity (Wildman–Crippen MR) is 63.6 cm³/mol. The lowest BCUT2D eigenvalue weighted by molar-refractivity contribution is -0.134. The minimum Gasteiger partial charge on any atom is -0.340 e. The van der Waals surface area contributed by atoms with E-state index in [4.69, 9.17) is 5.73 Å². The molecule has 0 bridgehead atoms. The molecule has 2 N–H and O–H groups in total. The van der Waals surface area contributed by atoms with E-state index in [-0.39, 0.29) is 11.8 Å². The molecule has 1 heterocycles. The van der Waals surface area contributed by atoms with Crippen LogP contribution in [0.4, 0.5) is 0 Å². The van der Waals surface area contributed by atoms with Crippen LogP contribution in [-0.4, -0.2) is 24.4 Å². The molecule has 84 valence electrons. The Balaban J connectivity index is 2.53. The van der Waals surface area contributed by atoms with Gasteiger partial charge in [-0.2, -0.15) is 0 Å². The second-order valence-corrected chi connectivity index (χ2v) is 4.65. The largest absolute Gasteiger partial charge is 0.340 e. The zero-order valence-electron chi connectivity index (χ0n) is 9.27. The van der Waals surface area contributed by atoms with E-state index in [1.165, 1.54) is 4.88 Å². The molecule has 0 saturated heterocycles. The monoisotopic (exact) mass is 226 g/mol. The maximum atomic E-state index is 11.9. The van der Waals surface area contributed by atoms with Crippen LogP contribution in [0.15, 0.2) is 17.5 Å². The summed E-state index contributed by atoms with van der Waals surface area (Å²) in [5.41, 5.74) is 5.55. The van der Waals surface area contributed by atoms with Crippen LogP contribution in [0.5, 0.6) is 0 Å². The van der Waals surface area contributed by atoms with Gasteiger partial charge in [0.15, 0.2) is 0 Å². The van der Waals surface area contributed by atoms with Gasteiger partial charge < -0.3 is 10.6 Å². The SMILES string of the molecule is CCC(CN)C(=O)N(C)Cc1cccs1. The molecule has 1 atom stereocenters. The van der Waals surface area contributed by atoms with Gasteiger partial charge in [-0.3, -0.25) is 4.79 Å². The highest BCUT2D eigenvalue weighted by atomic mass is 32.1. The molecule has 0 spiro atoms. The lowest BCUT2D eigenvalue weighted by Crippen LogP contribution is -2.35. The van der Waals surface area contributed by atoms with Gasteiger partial charge in [-0.25, -0.2) is 0 Å². The fourth-order valence-corrected chi connectivity index (χ4v) is 2.23. The first kappa shape index (κ1) is 12.2. The van der Waals surface area contributed by atoms with Gasteiger partial charge in [-0.15, -0.1) is 11.3 Å². The predicted octanol–water partition coefficient (Wildman–Crippen LogP) is 1.69. The molecule has 1 aromatic heterocycles. The number of thiophene rings is 1. The topological polar surface area (TPSA) is 46.3 Å². The van der Waals surface area contributed by atoms with Crippen molar-refractivity contribution in [3.05, 3.63) is 22.4 Å². The summed E-state index contributed by atoms with van der Waals surface area (Å²) in [6, 6.07) is 4.04. The molecule has 0 aromatic carbocycles. The van der Waals surface area contributed by atoms with E-state index in [1.54, 1.807) is 16.2 Å². The molecule has 1 rings (SSSR count). The molecular formula is C11H18N2OS. The van der Waals surface area contributed by atoms with E-state index < -0.39 is 0 Å². The van der Waals surface area contributed by atoms with E-state index in [0.29, 0.717) is 13.1 Å². The van der Waals surface area contributed by atoms with E-state index in [2.05, 4.69) is 0 Å². The highest BCUT2D eigenvalue weighted by Crippen LogP contribution is 2.13. The Kier molecular flexibility index (Phi) is 4.78. The average Bonchev–Trinajstić information content (AvgIpc) is 2.72. The second kappa shape index (κ2) is 5.88. The van der Waals surface area contributed by atoms with Crippen molar-refractivity contribution in [2.45, 2.75) is 19.9 Å². The summed E-state index contributed by atoms with van der Waals surface area (Å²) in [5.74, 6) is 0.114. The lowest BCUT2D eigenvalue weighted by Gasteiger charge is -2.21. The molecule has 0 aliphatic carbocycles. The minimum atomic E-state index is -0.0324. The Labute approximate surface area is 94.9 Å². The standard InChI is InChI=1S/C11H18N2OS/c1-3-9(7-12)11(14)13(2)8-10-5-4-6-15-10/h4-6,9H,3,7-8,12H2,1-2H3. The van der Waals surface area contributed by atoms with Crippen molar-refractivity contribution in [3.63, 3.8) is 0 Å². The molecular weight excluding hydrogens is 208 g/mol. The zero-order valence-corrected chi connectivity index (χ0v) is 10.1. The molecule has 0 aliphatic heterocycles. The first-order valence-corrected chi connectivity index (χ1v) is 6.04. The fourth-order valence-electron chi connectivity index (χ4n) is 1.47. The highest BCUT2D eigenvalue weighted by molar-refractivity contribution is 7.09. The summed E-state index contributed by atoms with van der Waals surface area (Å²) in [5, 5.41) is 2.02. The van der Waals surface area contributed by atoms with Crippen LogP contribution in [-0.2, 0) is 11.3 Å². The van der Waals surface area contributed by atoms with Crippen molar-refractivity contribution in [2.24, 2.45) is 11.7 Å². The van der Waals surface area contributed by atoms with Crippen LogP contribution in [0, 0.1) is 5.92 Å².